The first kappa shape index (κ1) is 22.9. The van der Waals surface area contributed by atoms with Crippen LogP contribution in [0, 0.1) is 0 Å². The normalized spacial score (nSPS) is 14.8. The quantitative estimate of drug-likeness (QED) is 0.286. The largest absolute Gasteiger partial charge is 0.372 e. The molecule has 0 saturated carbocycles. The maximum Gasteiger partial charge on any atom is 0.294 e. The summed E-state index contributed by atoms with van der Waals surface area (Å²) in [7, 11) is -4.39. The molecule has 2 N–H and O–H groups in total. The van der Waals surface area contributed by atoms with E-state index < -0.39 is 15.1 Å². The Balaban J connectivity index is 3.58. The van der Waals surface area contributed by atoms with Gasteiger partial charge in [-0.3, -0.25) is 4.55 Å². The average Bonchev–Trinajstić information content (AvgIpc) is 2.47. The van der Waals surface area contributed by atoms with Crippen molar-refractivity contribution in [3.05, 3.63) is 0 Å². The molecule has 0 aromatic carbocycles. The maximum atomic E-state index is 11.3. The Morgan fingerprint density at radius 3 is 1.39 bits per heavy atom. The Bertz CT molecular complexity index is 367. The van der Waals surface area contributed by atoms with Crippen LogP contribution in [-0.2, 0) is 10.1 Å². The Kier molecular flexibility index (Phi) is 13.1. The third kappa shape index (κ3) is 11.1. The van der Waals surface area contributed by atoms with E-state index in [9.17, 15) is 13.5 Å². The molecule has 4 nitrogen and oxygen atoms in total. The lowest BCUT2D eigenvalue weighted by Crippen LogP contribution is -2.38. The third-order valence-corrected chi connectivity index (χ3v) is 5.91. The summed E-state index contributed by atoms with van der Waals surface area (Å²) in [6.45, 7) is 4.04. The molecule has 0 fully saturated rings. The van der Waals surface area contributed by atoms with Crippen molar-refractivity contribution in [3.63, 3.8) is 0 Å². The van der Waals surface area contributed by atoms with E-state index in [4.69, 9.17) is 4.55 Å². The number of hydrogen-bond acceptors (Lipinski definition) is 3. The fraction of sp³-hybridized carbons (Fsp3) is 1.00. The van der Waals surface area contributed by atoms with Crippen LogP contribution in [0.5, 0.6) is 0 Å². The number of rotatable bonds is 16. The van der Waals surface area contributed by atoms with Gasteiger partial charge in [-0.15, -0.1) is 0 Å². The zero-order valence-electron chi connectivity index (χ0n) is 15.2. The van der Waals surface area contributed by atoms with Gasteiger partial charge in [0.1, 0.15) is 0 Å². The highest BCUT2D eigenvalue weighted by Crippen LogP contribution is 2.26. The minimum absolute atomic E-state index is 0.101. The van der Waals surface area contributed by atoms with Gasteiger partial charge in [0.25, 0.3) is 10.1 Å². The molecular weight excluding hydrogens is 312 g/mol. The fourth-order valence-corrected chi connectivity index (χ4v) is 3.88. The maximum absolute atomic E-state index is 11.3. The van der Waals surface area contributed by atoms with Gasteiger partial charge >= 0.3 is 0 Å². The molecule has 5 heteroatoms. The molecule has 0 aliphatic rings. The van der Waals surface area contributed by atoms with E-state index in [1.807, 2.05) is 0 Å². The lowest BCUT2D eigenvalue weighted by molar-refractivity contribution is 0.0906. The molecule has 0 amide bonds. The summed E-state index contributed by atoms with van der Waals surface area (Å²) in [5.41, 5.74) is 0. The molecule has 1 unspecified atom stereocenters. The second-order valence-electron chi connectivity index (χ2n) is 6.81. The molecule has 0 radical (unpaired) electrons. The van der Waals surface area contributed by atoms with Crippen LogP contribution in [0.25, 0.3) is 0 Å². The van der Waals surface area contributed by atoms with Crippen molar-refractivity contribution < 1.29 is 18.1 Å². The fourth-order valence-electron chi connectivity index (χ4n) is 3.02. The molecule has 23 heavy (non-hydrogen) atoms. The zero-order valence-corrected chi connectivity index (χ0v) is 16.0. The molecule has 0 aliphatic heterocycles. The molecular formula is C18H38O4S. The first-order valence-corrected chi connectivity index (χ1v) is 11.0. The van der Waals surface area contributed by atoms with E-state index in [2.05, 4.69) is 6.92 Å². The SMILES string of the molecule is CCCCCCCCCCCCCCC(O)(CCC)S(=O)(=O)O. The van der Waals surface area contributed by atoms with Crippen molar-refractivity contribution in [3.8, 4) is 0 Å². The molecule has 0 bridgehead atoms. The third-order valence-electron chi connectivity index (χ3n) is 4.54. The Morgan fingerprint density at radius 2 is 1.04 bits per heavy atom. The van der Waals surface area contributed by atoms with Gasteiger partial charge in [-0.1, -0.05) is 90.9 Å². The highest BCUT2D eigenvalue weighted by molar-refractivity contribution is 7.87. The molecule has 0 aromatic heterocycles. The van der Waals surface area contributed by atoms with Crippen LogP contribution < -0.4 is 0 Å². The van der Waals surface area contributed by atoms with Gasteiger partial charge < -0.3 is 5.11 Å². The van der Waals surface area contributed by atoms with Gasteiger partial charge in [-0.05, 0) is 19.3 Å². The van der Waals surface area contributed by atoms with Crippen LogP contribution in [0.1, 0.15) is 110 Å². The van der Waals surface area contributed by atoms with E-state index >= 15 is 0 Å². The average molecular weight is 351 g/mol. The van der Waals surface area contributed by atoms with Gasteiger partial charge in [0.15, 0.2) is 4.93 Å². The standard InChI is InChI=1S/C18H38O4S/c1-3-5-6-7-8-9-10-11-12-13-14-15-17-18(19,16-4-2)23(20,21)22/h19H,3-17H2,1-2H3,(H,20,21,22). The lowest BCUT2D eigenvalue weighted by Gasteiger charge is -2.24. The molecule has 1 atom stereocenters. The minimum atomic E-state index is -4.39. The minimum Gasteiger partial charge on any atom is -0.372 e. The summed E-state index contributed by atoms with van der Waals surface area (Å²) >= 11 is 0. The van der Waals surface area contributed by atoms with Gasteiger partial charge in [0.2, 0.25) is 0 Å². The number of unbranched alkanes of at least 4 members (excludes halogenated alkanes) is 11. The molecule has 0 spiro atoms. The summed E-state index contributed by atoms with van der Waals surface area (Å²) in [5.74, 6) is 0. The highest BCUT2D eigenvalue weighted by Gasteiger charge is 2.38. The predicted molar refractivity (Wildman–Crippen MR) is 97.1 cm³/mol. The van der Waals surface area contributed by atoms with Crippen LogP contribution in [0.2, 0.25) is 0 Å². The van der Waals surface area contributed by atoms with Crippen molar-refractivity contribution in [2.75, 3.05) is 0 Å². The second kappa shape index (κ2) is 13.2. The predicted octanol–water partition coefficient (Wildman–Crippen LogP) is 5.45. The monoisotopic (exact) mass is 350 g/mol. The molecule has 0 aromatic rings. The van der Waals surface area contributed by atoms with Gasteiger partial charge in [0, 0.05) is 0 Å². The first-order chi connectivity index (χ1) is 10.9. The Morgan fingerprint density at radius 1 is 0.652 bits per heavy atom. The Labute approximate surface area is 143 Å². The van der Waals surface area contributed by atoms with Crippen LogP contribution in [0.15, 0.2) is 0 Å². The number of aliphatic hydroxyl groups is 1. The molecule has 0 saturated heterocycles. The summed E-state index contributed by atoms with van der Waals surface area (Å²) in [6, 6.07) is 0. The summed E-state index contributed by atoms with van der Waals surface area (Å²) in [4.78, 5) is -1.94. The summed E-state index contributed by atoms with van der Waals surface area (Å²) in [5, 5.41) is 10.1. The zero-order chi connectivity index (χ0) is 17.6. The van der Waals surface area contributed by atoms with E-state index in [0.717, 1.165) is 12.8 Å². The first-order valence-electron chi connectivity index (χ1n) is 9.56. The molecule has 0 rings (SSSR count). The van der Waals surface area contributed by atoms with Gasteiger partial charge in [0.05, 0.1) is 0 Å². The van der Waals surface area contributed by atoms with Crippen molar-refractivity contribution in [2.45, 2.75) is 115 Å². The second-order valence-corrected chi connectivity index (χ2v) is 8.52. The van der Waals surface area contributed by atoms with E-state index in [0.29, 0.717) is 12.8 Å². The highest BCUT2D eigenvalue weighted by atomic mass is 32.2. The van der Waals surface area contributed by atoms with Crippen molar-refractivity contribution in [1.29, 1.82) is 0 Å². The van der Waals surface area contributed by atoms with E-state index in [1.54, 1.807) is 6.92 Å². The molecule has 140 valence electrons. The van der Waals surface area contributed by atoms with Crippen LogP contribution in [0.3, 0.4) is 0 Å². The van der Waals surface area contributed by atoms with Gasteiger partial charge in [-0.25, -0.2) is 0 Å². The number of hydrogen-bond donors (Lipinski definition) is 2. The van der Waals surface area contributed by atoms with Gasteiger partial charge in [-0.2, -0.15) is 8.42 Å². The van der Waals surface area contributed by atoms with Crippen molar-refractivity contribution in [2.24, 2.45) is 0 Å². The van der Waals surface area contributed by atoms with Crippen molar-refractivity contribution >= 4 is 10.1 Å². The van der Waals surface area contributed by atoms with E-state index in [1.165, 1.54) is 57.8 Å². The van der Waals surface area contributed by atoms with Crippen LogP contribution in [0.4, 0.5) is 0 Å². The van der Waals surface area contributed by atoms with Crippen molar-refractivity contribution in [1.82, 2.24) is 0 Å². The summed E-state index contributed by atoms with van der Waals surface area (Å²) < 4.78 is 31.7. The molecule has 0 heterocycles. The van der Waals surface area contributed by atoms with Crippen LogP contribution in [-0.4, -0.2) is 23.0 Å². The lowest BCUT2D eigenvalue weighted by atomic mass is 10.0. The van der Waals surface area contributed by atoms with Crippen LogP contribution >= 0.6 is 0 Å². The topological polar surface area (TPSA) is 74.6 Å². The Hall–Kier alpha value is -0.130. The molecule has 0 aliphatic carbocycles. The smallest absolute Gasteiger partial charge is 0.294 e. The summed E-state index contributed by atoms with van der Waals surface area (Å²) in [6.07, 6.45) is 15.2. The van der Waals surface area contributed by atoms with E-state index in [-0.39, 0.29) is 12.8 Å².